The summed E-state index contributed by atoms with van der Waals surface area (Å²) < 4.78 is 0. The molecule has 1 atom stereocenters. The lowest BCUT2D eigenvalue weighted by Crippen LogP contribution is -2.35. The van der Waals surface area contributed by atoms with Gasteiger partial charge >= 0.3 is 0 Å². The molecule has 18 heavy (non-hydrogen) atoms. The van der Waals surface area contributed by atoms with E-state index in [1.54, 1.807) is 12.1 Å². The molecule has 1 amide bonds. The van der Waals surface area contributed by atoms with Crippen LogP contribution in [-0.4, -0.2) is 30.1 Å². The zero-order valence-electron chi connectivity index (χ0n) is 10.7. The molecule has 1 aliphatic heterocycles. The molecule has 3 N–H and O–H groups in total. The van der Waals surface area contributed by atoms with Crippen LogP contribution in [0.4, 0.5) is 0 Å². The number of benzene rings is 1. The average molecular weight is 248 g/mol. The minimum absolute atomic E-state index is 0.0549. The first-order valence-electron chi connectivity index (χ1n) is 6.48. The van der Waals surface area contributed by atoms with E-state index in [0.717, 1.165) is 37.9 Å². The number of nitrogens with one attached hydrogen (secondary N) is 2. The second kappa shape index (κ2) is 5.87. The Bertz CT molecular complexity index is 424. The number of amides is 1. The number of hydrogen-bond acceptors (Lipinski definition) is 3. The molecule has 0 spiro atoms. The molecule has 4 nitrogen and oxygen atoms in total. The van der Waals surface area contributed by atoms with E-state index in [4.69, 9.17) is 0 Å². The Balaban J connectivity index is 2.02. The van der Waals surface area contributed by atoms with Gasteiger partial charge in [0.2, 0.25) is 0 Å². The van der Waals surface area contributed by atoms with Gasteiger partial charge in [-0.05, 0) is 57.0 Å². The zero-order valence-corrected chi connectivity index (χ0v) is 10.7. The Morgan fingerprint density at radius 3 is 3.00 bits per heavy atom. The maximum Gasteiger partial charge on any atom is 0.255 e. The van der Waals surface area contributed by atoms with Crippen LogP contribution in [0.1, 0.15) is 35.2 Å². The van der Waals surface area contributed by atoms with E-state index < -0.39 is 0 Å². The summed E-state index contributed by atoms with van der Waals surface area (Å²) in [6.07, 6.45) is 3.01. The first kappa shape index (κ1) is 12.9. The molecule has 2 rings (SSSR count). The Labute approximate surface area is 107 Å². The van der Waals surface area contributed by atoms with Gasteiger partial charge in [-0.25, -0.2) is 0 Å². The van der Waals surface area contributed by atoms with Crippen molar-refractivity contribution in [2.75, 3.05) is 13.1 Å². The van der Waals surface area contributed by atoms with Gasteiger partial charge in [0.05, 0.1) is 5.56 Å². The Morgan fingerprint density at radius 2 is 2.22 bits per heavy atom. The molecule has 0 radical (unpaired) electrons. The maximum atomic E-state index is 12.1. The normalized spacial score (nSPS) is 20.2. The monoisotopic (exact) mass is 248 g/mol. The molecule has 4 heteroatoms. The topological polar surface area (TPSA) is 61.4 Å². The summed E-state index contributed by atoms with van der Waals surface area (Å²) in [6, 6.07) is 5.33. The Hall–Kier alpha value is -1.55. The van der Waals surface area contributed by atoms with Gasteiger partial charge in [0.15, 0.2) is 0 Å². The van der Waals surface area contributed by atoms with Crippen LogP contribution in [0.2, 0.25) is 0 Å². The second-order valence-corrected chi connectivity index (χ2v) is 4.87. The highest BCUT2D eigenvalue weighted by Crippen LogP contribution is 2.18. The van der Waals surface area contributed by atoms with Gasteiger partial charge < -0.3 is 15.7 Å². The fraction of sp³-hybridized carbons (Fsp3) is 0.500. The van der Waals surface area contributed by atoms with Gasteiger partial charge in [-0.15, -0.1) is 0 Å². The van der Waals surface area contributed by atoms with Crippen molar-refractivity contribution in [3.63, 3.8) is 0 Å². The minimum atomic E-state index is -0.181. The SMILES string of the molecule is Cc1ccc(C(=O)NC2CCCNCC2)c(O)c1. The summed E-state index contributed by atoms with van der Waals surface area (Å²) in [5.74, 6) is -0.126. The minimum Gasteiger partial charge on any atom is -0.507 e. The second-order valence-electron chi connectivity index (χ2n) is 4.87. The lowest BCUT2D eigenvalue weighted by Gasteiger charge is -2.16. The molecule has 1 saturated heterocycles. The van der Waals surface area contributed by atoms with Crippen LogP contribution in [0.15, 0.2) is 18.2 Å². The number of hydrogen-bond donors (Lipinski definition) is 3. The molecule has 1 aromatic carbocycles. The van der Waals surface area contributed by atoms with E-state index in [1.165, 1.54) is 0 Å². The molecule has 0 aliphatic carbocycles. The number of aryl methyl sites for hydroxylation is 1. The van der Waals surface area contributed by atoms with Gasteiger partial charge in [-0.1, -0.05) is 6.07 Å². The number of carbonyl (C=O) groups is 1. The van der Waals surface area contributed by atoms with Crippen molar-refractivity contribution in [1.29, 1.82) is 0 Å². The summed E-state index contributed by atoms with van der Waals surface area (Å²) in [5, 5.41) is 16.1. The predicted octanol–water partition coefficient (Wildman–Crippen LogP) is 1.57. The molecule has 0 aromatic heterocycles. The molecule has 1 fully saturated rings. The van der Waals surface area contributed by atoms with Gasteiger partial charge in [0.1, 0.15) is 5.75 Å². The van der Waals surface area contributed by atoms with E-state index in [9.17, 15) is 9.90 Å². The first-order chi connectivity index (χ1) is 8.66. The molecule has 1 heterocycles. The van der Waals surface area contributed by atoms with Crippen molar-refractivity contribution >= 4 is 5.91 Å². The van der Waals surface area contributed by atoms with Crippen molar-refractivity contribution < 1.29 is 9.90 Å². The standard InChI is InChI=1S/C14H20N2O2/c1-10-4-5-12(13(17)9-10)14(18)16-11-3-2-7-15-8-6-11/h4-5,9,11,15,17H,2-3,6-8H2,1H3,(H,16,18). The number of phenolic OH excluding ortho intramolecular Hbond substituents is 1. The summed E-state index contributed by atoms with van der Waals surface area (Å²) in [4.78, 5) is 12.1. The van der Waals surface area contributed by atoms with Crippen molar-refractivity contribution in [1.82, 2.24) is 10.6 Å². The summed E-state index contributed by atoms with van der Waals surface area (Å²) in [7, 11) is 0. The van der Waals surface area contributed by atoms with E-state index >= 15 is 0 Å². The van der Waals surface area contributed by atoms with Crippen LogP contribution in [0.5, 0.6) is 5.75 Å². The smallest absolute Gasteiger partial charge is 0.255 e. The third-order valence-electron chi connectivity index (χ3n) is 3.31. The molecular formula is C14H20N2O2. The fourth-order valence-electron chi connectivity index (χ4n) is 2.26. The molecule has 0 saturated carbocycles. The van der Waals surface area contributed by atoms with Crippen LogP contribution in [-0.2, 0) is 0 Å². The van der Waals surface area contributed by atoms with Crippen LogP contribution < -0.4 is 10.6 Å². The van der Waals surface area contributed by atoms with Gasteiger partial charge in [0.25, 0.3) is 5.91 Å². The molecule has 98 valence electrons. The first-order valence-corrected chi connectivity index (χ1v) is 6.48. The number of carbonyl (C=O) groups excluding carboxylic acids is 1. The summed E-state index contributed by atoms with van der Waals surface area (Å²) in [6.45, 7) is 3.84. The fourth-order valence-corrected chi connectivity index (χ4v) is 2.26. The Morgan fingerprint density at radius 1 is 1.39 bits per heavy atom. The zero-order chi connectivity index (χ0) is 13.0. The molecular weight excluding hydrogens is 228 g/mol. The molecule has 1 unspecified atom stereocenters. The van der Waals surface area contributed by atoms with Crippen molar-refractivity contribution in [2.24, 2.45) is 0 Å². The largest absolute Gasteiger partial charge is 0.507 e. The predicted molar refractivity (Wildman–Crippen MR) is 70.8 cm³/mol. The molecule has 1 aromatic rings. The number of phenols is 1. The van der Waals surface area contributed by atoms with Crippen LogP contribution in [0.3, 0.4) is 0 Å². The maximum absolute atomic E-state index is 12.1. The number of rotatable bonds is 2. The quantitative estimate of drug-likeness (QED) is 0.744. The average Bonchev–Trinajstić information content (AvgIpc) is 2.57. The molecule has 0 bridgehead atoms. The van der Waals surface area contributed by atoms with Crippen LogP contribution >= 0.6 is 0 Å². The lowest BCUT2D eigenvalue weighted by molar-refractivity contribution is 0.0931. The van der Waals surface area contributed by atoms with E-state index in [2.05, 4.69) is 10.6 Å². The highest BCUT2D eigenvalue weighted by molar-refractivity contribution is 5.97. The van der Waals surface area contributed by atoms with E-state index in [1.807, 2.05) is 13.0 Å². The highest BCUT2D eigenvalue weighted by atomic mass is 16.3. The van der Waals surface area contributed by atoms with E-state index in [-0.39, 0.29) is 17.7 Å². The number of aromatic hydroxyl groups is 1. The highest BCUT2D eigenvalue weighted by Gasteiger charge is 2.17. The van der Waals surface area contributed by atoms with Crippen LogP contribution in [0.25, 0.3) is 0 Å². The Kier molecular flexibility index (Phi) is 4.20. The van der Waals surface area contributed by atoms with Crippen molar-refractivity contribution in [3.8, 4) is 5.75 Å². The van der Waals surface area contributed by atoms with Crippen molar-refractivity contribution in [2.45, 2.75) is 32.2 Å². The van der Waals surface area contributed by atoms with E-state index in [0.29, 0.717) is 5.56 Å². The van der Waals surface area contributed by atoms with Gasteiger partial charge in [-0.3, -0.25) is 4.79 Å². The van der Waals surface area contributed by atoms with Gasteiger partial charge in [-0.2, -0.15) is 0 Å². The third-order valence-corrected chi connectivity index (χ3v) is 3.31. The summed E-state index contributed by atoms with van der Waals surface area (Å²) in [5.41, 5.74) is 1.31. The third kappa shape index (κ3) is 3.23. The van der Waals surface area contributed by atoms with Gasteiger partial charge in [0, 0.05) is 6.04 Å². The summed E-state index contributed by atoms with van der Waals surface area (Å²) >= 11 is 0. The van der Waals surface area contributed by atoms with Crippen molar-refractivity contribution in [3.05, 3.63) is 29.3 Å². The van der Waals surface area contributed by atoms with Crippen LogP contribution in [0, 0.1) is 6.92 Å². The molecule has 1 aliphatic rings. The lowest BCUT2D eigenvalue weighted by atomic mass is 10.1.